The quantitative estimate of drug-likeness (QED) is 0.616. The van der Waals surface area contributed by atoms with Gasteiger partial charge in [0.25, 0.3) is 0 Å². The topological polar surface area (TPSA) is 70.0 Å². The molecule has 4 nitrogen and oxygen atoms in total. The first-order chi connectivity index (χ1) is 8.10. The molecule has 0 aliphatic heterocycles. The van der Waals surface area contributed by atoms with Crippen molar-refractivity contribution in [3.63, 3.8) is 0 Å². The zero-order valence-corrected chi connectivity index (χ0v) is 10.2. The number of nitrogens with one attached hydrogen (secondary N) is 1. The summed E-state index contributed by atoms with van der Waals surface area (Å²) in [4.78, 5) is 0.211. The Kier molecular flexibility index (Phi) is 4.88. The smallest absolute Gasteiger partial charge is 0.211 e. The van der Waals surface area contributed by atoms with Crippen LogP contribution in [-0.4, -0.2) is 15.0 Å². The first kappa shape index (κ1) is 13.4. The van der Waals surface area contributed by atoms with Crippen molar-refractivity contribution in [3.05, 3.63) is 42.5 Å². The molecule has 0 aromatic heterocycles. The van der Waals surface area contributed by atoms with Crippen molar-refractivity contribution < 1.29 is 8.42 Å². The van der Waals surface area contributed by atoms with Gasteiger partial charge >= 0.3 is 0 Å². The third-order valence-corrected chi connectivity index (χ3v) is 3.63. The highest BCUT2D eigenvalue weighted by Crippen LogP contribution is 2.10. The SMILES string of the molecule is C=CCCNS(=O)(=O)c1ccc(CC#N)cc1. The van der Waals surface area contributed by atoms with Crippen molar-refractivity contribution >= 4 is 10.0 Å². The van der Waals surface area contributed by atoms with E-state index in [-0.39, 0.29) is 11.3 Å². The van der Waals surface area contributed by atoms with Crippen LogP contribution in [0.3, 0.4) is 0 Å². The van der Waals surface area contributed by atoms with Gasteiger partial charge in [0.05, 0.1) is 17.4 Å². The Morgan fingerprint density at radius 2 is 2.00 bits per heavy atom. The van der Waals surface area contributed by atoms with E-state index in [0.29, 0.717) is 13.0 Å². The van der Waals surface area contributed by atoms with Gasteiger partial charge < -0.3 is 0 Å². The van der Waals surface area contributed by atoms with Crippen molar-refractivity contribution in [2.75, 3.05) is 6.54 Å². The lowest BCUT2D eigenvalue weighted by Crippen LogP contribution is -2.24. The minimum absolute atomic E-state index is 0.211. The third kappa shape index (κ3) is 4.02. The normalized spacial score (nSPS) is 10.8. The van der Waals surface area contributed by atoms with Crippen LogP contribution >= 0.6 is 0 Å². The van der Waals surface area contributed by atoms with Gasteiger partial charge in [-0.3, -0.25) is 0 Å². The minimum atomic E-state index is -3.44. The molecule has 0 aliphatic carbocycles. The van der Waals surface area contributed by atoms with Crippen molar-refractivity contribution in [2.45, 2.75) is 17.7 Å². The molecular formula is C12H14N2O2S. The van der Waals surface area contributed by atoms with Crippen molar-refractivity contribution in [1.29, 1.82) is 5.26 Å². The first-order valence-corrected chi connectivity index (χ1v) is 6.65. The molecule has 0 bridgehead atoms. The molecule has 5 heteroatoms. The number of nitrogens with zero attached hydrogens (tertiary/aromatic N) is 1. The zero-order chi connectivity index (χ0) is 12.7. The van der Waals surface area contributed by atoms with Gasteiger partial charge in [-0.25, -0.2) is 13.1 Å². The second kappa shape index (κ2) is 6.18. The molecule has 1 aromatic carbocycles. The Balaban J connectivity index is 2.78. The summed E-state index contributed by atoms with van der Waals surface area (Å²) in [6, 6.07) is 8.30. The largest absolute Gasteiger partial charge is 0.240 e. The van der Waals surface area contributed by atoms with Crippen LogP contribution in [0.25, 0.3) is 0 Å². The summed E-state index contributed by atoms with van der Waals surface area (Å²) in [5.41, 5.74) is 0.803. The number of nitriles is 1. The van der Waals surface area contributed by atoms with E-state index in [1.54, 1.807) is 18.2 Å². The van der Waals surface area contributed by atoms with E-state index in [4.69, 9.17) is 5.26 Å². The molecule has 1 aromatic rings. The maximum Gasteiger partial charge on any atom is 0.240 e. The van der Waals surface area contributed by atoms with Crippen molar-refractivity contribution in [3.8, 4) is 6.07 Å². The summed E-state index contributed by atoms with van der Waals surface area (Å²) in [5, 5.41) is 8.50. The number of benzene rings is 1. The third-order valence-electron chi connectivity index (χ3n) is 2.16. The molecule has 0 fully saturated rings. The lowest BCUT2D eigenvalue weighted by Gasteiger charge is -2.05. The molecule has 1 N–H and O–H groups in total. The lowest BCUT2D eigenvalue weighted by molar-refractivity contribution is 0.582. The second-order valence-electron chi connectivity index (χ2n) is 3.45. The van der Waals surface area contributed by atoms with Crippen LogP contribution in [0.4, 0.5) is 0 Å². The van der Waals surface area contributed by atoms with Crippen LogP contribution in [0.5, 0.6) is 0 Å². The first-order valence-electron chi connectivity index (χ1n) is 5.16. The summed E-state index contributed by atoms with van der Waals surface area (Å²) in [6.45, 7) is 3.86. The van der Waals surface area contributed by atoms with Gasteiger partial charge in [0.15, 0.2) is 0 Å². The van der Waals surface area contributed by atoms with Crippen LogP contribution in [0.15, 0.2) is 41.8 Å². The van der Waals surface area contributed by atoms with Gasteiger partial charge in [-0.05, 0) is 24.1 Å². The molecule has 0 amide bonds. The average molecular weight is 250 g/mol. The molecule has 1 rings (SSSR count). The highest BCUT2D eigenvalue weighted by Gasteiger charge is 2.12. The van der Waals surface area contributed by atoms with Crippen LogP contribution in [-0.2, 0) is 16.4 Å². The van der Waals surface area contributed by atoms with Gasteiger partial charge in [-0.15, -0.1) is 6.58 Å². The van der Waals surface area contributed by atoms with Crippen LogP contribution < -0.4 is 4.72 Å². The molecular weight excluding hydrogens is 236 g/mol. The Morgan fingerprint density at radius 1 is 1.35 bits per heavy atom. The predicted molar refractivity (Wildman–Crippen MR) is 65.8 cm³/mol. The fourth-order valence-corrected chi connectivity index (χ4v) is 2.30. The Labute approximate surface area is 102 Å². The van der Waals surface area contributed by atoms with Crippen LogP contribution in [0, 0.1) is 11.3 Å². The van der Waals surface area contributed by atoms with Gasteiger partial charge in [-0.2, -0.15) is 5.26 Å². The maximum absolute atomic E-state index is 11.8. The van der Waals surface area contributed by atoms with Crippen LogP contribution in [0.2, 0.25) is 0 Å². The Hall–Kier alpha value is -1.64. The Morgan fingerprint density at radius 3 is 2.53 bits per heavy atom. The predicted octanol–water partition coefficient (Wildman–Crippen LogP) is 1.61. The summed E-state index contributed by atoms with van der Waals surface area (Å²) in [5.74, 6) is 0. The zero-order valence-electron chi connectivity index (χ0n) is 9.39. The summed E-state index contributed by atoms with van der Waals surface area (Å²) < 4.78 is 26.0. The summed E-state index contributed by atoms with van der Waals surface area (Å²) in [7, 11) is -3.44. The summed E-state index contributed by atoms with van der Waals surface area (Å²) >= 11 is 0. The lowest BCUT2D eigenvalue weighted by atomic mass is 10.2. The van der Waals surface area contributed by atoms with Gasteiger partial charge in [-0.1, -0.05) is 18.2 Å². The van der Waals surface area contributed by atoms with E-state index >= 15 is 0 Å². The van der Waals surface area contributed by atoms with E-state index in [9.17, 15) is 8.42 Å². The fourth-order valence-electron chi connectivity index (χ4n) is 1.26. The number of rotatable bonds is 6. The van der Waals surface area contributed by atoms with E-state index in [0.717, 1.165) is 5.56 Å². The fraction of sp³-hybridized carbons (Fsp3) is 0.250. The maximum atomic E-state index is 11.8. The molecule has 0 heterocycles. The second-order valence-corrected chi connectivity index (χ2v) is 5.22. The van der Waals surface area contributed by atoms with E-state index in [2.05, 4.69) is 11.3 Å². The molecule has 0 radical (unpaired) electrons. The van der Waals surface area contributed by atoms with E-state index in [1.807, 2.05) is 6.07 Å². The number of sulfonamides is 1. The molecule has 0 saturated heterocycles. The van der Waals surface area contributed by atoms with E-state index < -0.39 is 10.0 Å². The van der Waals surface area contributed by atoms with Crippen LogP contribution in [0.1, 0.15) is 12.0 Å². The van der Waals surface area contributed by atoms with Gasteiger partial charge in [0.2, 0.25) is 10.0 Å². The molecule has 90 valence electrons. The highest BCUT2D eigenvalue weighted by molar-refractivity contribution is 7.89. The Bertz CT molecular complexity index is 512. The minimum Gasteiger partial charge on any atom is -0.211 e. The molecule has 0 spiro atoms. The monoisotopic (exact) mass is 250 g/mol. The van der Waals surface area contributed by atoms with Gasteiger partial charge in [0.1, 0.15) is 0 Å². The number of hydrogen-bond donors (Lipinski definition) is 1. The highest BCUT2D eigenvalue weighted by atomic mass is 32.2. The molecule has 0 aliphatic rings. The standard InChI is InChI=1S/C12H14N2O2S/c1-2-3-10-14-17(15,16)12-6-4-11(5-7-12)8-9-13/h2,4-7,14H,1,3,8,10H2. The average Bonchev–Trinajstić information content (AvgIpc) is 2.30. The van der Waals surface area contributed by atoms with Gasteiger partial charge in [0, 0.05) is 6.54 Å². The number of hydrogen-bond acceptors (Lipinski definition) is 3. The van der Waals surface area contributed by atoms with E-state index in [1.165, 1.54) is 12.1 Å². The van der Waals surface area contributed by atoms with Crippen molar-refractivity contribution in [2.24, 2.45) is 0 Å². The molecule has 0 atom stereocenters. The summed E-state index contributed by atoms with van der Waals surface area (Å²) in [6.07, 6.45) is 2.52. The molecule has 0 saturated carbocycles. The molecule has 17 heavy (non-hydrogen) atoms. The van der Waals surface area contributed by atoms with Crippen molar-refractivity contribution in [1.82, 2.24) is 4.72 Å². The molecule has 0 unspecified atom stereocenters.